The van der Waals surface area contributed by atoms with Crippen LogP contribution in [0.4, 0.5) is 54.5 Å². The van der Waals surface area contributed by atoms with E-state index < -0.39 is 166 Å². The van der Waals surface area contributed by atoms with Gasteiger partial charge in [-0.05, 0) is 86.8 Å². The number of halogens is 11. The Hall–Kier alpha value is -6.47. The molecule has 0 radical (unpaired) electrons. The minimum atomic E-state index is -5.23. The molecule has 2 aromatic carbocycles. The van der Waals surface area contributed by atoms with E-state index in [-0.39, 0.29) is 55.4 Å². The topological polar surface area (TPSA) is 216 Å². The monoisotopic (exact) mass is 1110 g/mol. The van der Waals surface area contributed by atoms with Gasteiger partial charge in [0.05, 0.1) is 33.9 Å². The fraction of sp³-hybridized carbons (Fsp3) is 0.422. The van der Waals surface area contributed by atoms with Crippen molar-refractivity contribution < 1.29 is 80.2 Å². The maximum atomic E-state index is 15.6. The fourth-order valence-electron chi connectivity index (χ4n) is 8.97. The minimum Gasteiger partial charge on any atom is -0.465 e. The average Bonchev–Trinajstić information content (AvgIpc) is 4.14. The van der Waals surface area contributed by atoms with Crippen LogP contribution in [0.3, 0.4) is 0 Å². The number of aromatic nitrogens is 5. The second-order valence-electron chi connectivity index (χ2n) is 18.7. The lowest BCUT2D eigenvalue weighted by Gasteiger charge is -2.23. The summed E-state index contributed by atoms with van der Waals surface area (Å²) >= 11 is 6.66. The van der Waals surface area contributed by atoms with Crippen LogP contribution in [0.25, 0.3) is 22.0 Å². The molecule has 29 heteroatoms. The molecule has 0 spiro atoms. The number of carboxylic acid groups (broad SMARTS) is 1. The minimum absolute atomic E-state index is 0.0465. The molecule has 396 valence electrons. The van der Waals surface area contributed by atoms with E-state index in [0.29, 0.717) is 12.3 Å². The number of nitrogens with one attached hydrogen (secondary N) is 2. The molecule has 3 amide bonds. The number of hydrogen-bond acceptors (Lipinski definition) is 10. The highest BCUT2D eigenvalue weighted by Gasteiger charge is 2.68. The van der Waals surface area contributed by atoms with E-state index in [0.717, 1.165) is 42.7 Å². The van der Waals surface area contributed by atoms with Gasteiger partial charge in [-0.25, -0.2) is 35.4 Å². The standard InChI is InChI=1S/C45H39ClF10N8O8S2/c1-42(2,73(3,69)70)10-9-24-5-6-25(26-7-8-30(46)34-36(26)63(19-43(49,50)51)61-39(34)64(74(4,71)72)40(66)27-14-21(27)17-57-41(67)68)35(58-24)31(13-20-11-22(47)15-23(48)12-20)59-32(65)18-62-38-33(37(60-62)45(54,55)56)28-16-29(28)44(38,52)53/h5-8,11-12,15,21,27-29,31,57H,13-14,16-19H2,1-4H3,(H,59,65)(H,67,68)/t21-,27-,28-,29+,31?/m0/s1. The van der Waals surface area contributed by atoms with Gasteiger partial charge >= 0.3 is 18.4 Å². The third-order valence-electron chi connectivity index (χ3n) is 12.8. The van der Waals surface area contributed by atoms with Crippen LogP contribution in [-0.4, -0.2) is 94.4 Å². The van der Waals surface area contributed by atoms with Gasteiger partial charge in [-0.1, -0.05) is 23.6 Å². The number of pyridine rings is 1. The molecule has 3 aromatic heterocycles. The van der Waals surface area contributed by atoms with Gasteiger partial charge in [-0.3, -0.25) is 19.0 Å². The summed E-state index contributed by atoms with van der Waals surface area (Å²) in [5, 5.41) is 19.8. The van der Waals surface area contributed by atoms with Gasteiger partial charge in [-0.2, -0.15) is 49.6 Å². The quantitative estimate of drug-likeness (QED) is 0.0732. The molecular weight excluding hydrogens is 1070 g/mol. The number of alkyl halides is 8. The van der Waals surface area contributed by atoms with Gasteiger partial charge in [0.15, 0.2) is 21.3 Å². The van der Waals surface area contributed by atoms with Crippen molar-refractivity contribution >= 4 is 66.1 Å². The van der Waals surface area contributed by atoms with Gasteiger partial charge in [0, 0.05) is 47.4 Å². The highest BCUT2D eigenvalue weighted by molar-refractivity contribution is 7.93. The lowest BCUT2D eigenvalue weighted by Crippen LogP contribution is -2.38. The van der Waals surface area contributed by atoms with Crippen LogP contribution in [0.15, 0.2) is 42.5 Å². The maximum absolute atomic E-state index is 15.6. The second-order valence-corrected chi connectivity index (χ2v) is 23.5. The number of carbonyl (C=O) groups is 3. The first-order chi connectivity index (χ1) is 34.1. The second kappa shape index (κ2) is 18.4. The number of amides is 3. The van der Waals surface area contributed by atoms with E-state index in [9.17, 15) is 66.3 Å². The molecule has 8 rings (SSSR count). The average molecular weight is 1110 g/mol. The summed E-state index contributed by atoms with van der Waals surface area (Å²) in [7, 11) is -8.73. The normalized spacial score (nSPS) is 19.5. The number of fused-ring (bicyclic) bond motifs is 4. The van der Waals surface area contributed by atoms with Crippen LogP contribution < -0.4 is 14.9 Å². The van der Waals surface area contributed by atoms with E-state index in [4.69, 9.17) is 16.7 Å². The van der Waals surface area contributed by atoms with Crippen molar-refractivity contribution in [2.45, 2.75) is 81.2 Å². The highest BCUT2D eigenvalue weighted by Crippen LogP contribution is 2.68. The molecule has 3 heterocycles. The lowest BCUT2D eigenvalue weighted by atomic mass is 9.93. The Morgan fingerprint density at radius 1 is 0.946 bits per heavy atom. The molecule has 16 nitrogen and oxygen atoms in total. The van der Waals surface area contributed by atoms with Gasteiger partial charge in [0.2, 0.25) is 21.8 Å². The molecule has 0 bridgehead atoms. The summed E-state index contributed by atoms with van der Waals surface area (Å²) in [6.07, 6.45) is -11.5. The Balaban J connectivity index is 1.34. The zero-order chi connectivity index (χ0) is 54.6. The molecule has 0 saturated heterocycles. The smallest absolute Gasteiger partial charge is 0.435 e. The summed E-state index contributed by atoms with van der Waals surface area (Å²) in [6, 6.07) is 4.71. The molecule has 3 N–H and O–H groups in total. The van der Waals surface area contributed by atoms with Gasteiger partial charge in [-0.15, -0.1) is 0 Å². The van der Waals surface area contributed by atoms with E-state index in [2.05, 4.69) is 37.7 Å². The summed E-state index contributed by atoms with van der Waals surface area (Å²) in [5.41, 5.74) is -5.98. The zero-order valence-electron chi connectivity index (χ0n) is 38.6. The number of carbonyl (C=O) groups excluding carboxylic acids is 2. The zero-order valence-corrected chi connectivity index (χ0v) is 41.0. The van der Waals surface area contributed by atoms with Crippen molar-refractivity contribution in [1.29, 1.82) is 0 Å². The molecule has 3 aliphatic carbocycles. The van der Waals surface area contributed by atoms with E-state index >= 15 is 8.78 Å². The van der Waals surface area contributed by atoms with Crippen molar-refractivity contribution in [2.75, 3.05) is 23.4 Å². The van der Waals surface area contributed by atoms with Crippen LogP contribution in [0, 0.1) is 41.2 Å². The van der Waals surface area contributed by atoms with Crippen LogP contribution >= 0.6 is 11.6 Å². The predicted octanol–water partition coefficient (Wildman–Crippen LogP) is 7.49. The van der Waals surface area contributed by atoms with E-state index in [1.165, 1.54) is 13.8 Å². The van der Waals surface area contributed by atoms with Crippen molar-refractivity contribution in [3.8, 4) is 23.0 Å². The summed E-state index contributed by atoms with van der Waals surface area (Å²) < 4.78 is 198. The lowest BCUT2D eigenvalue weighted by molar-refractivity contribution is -0.143. The summed E-state index contributed by atoms with van der Waals surface area (Å²) in [5.74, 6) is -9.18. The molecule has 5 atom stereocenters. The van der Waals surface area contributed by atoms with Crippen LogP contribution in [0.1, 0.15) is 72.6 Å². The Bertz CT molecular complexity index is 3460. The number of nitrogens with zero attached hydrogens (tertiary/aromatic N) is 6. The molecule has 74 heavy (non-hydrogen) atoms. The molecule has 3 aliphatic rings. The van der Waals surface area contributed by atoms with Crippen molar-refractivity contribution in [3.63, 3.8) is 0 Å². The SMILES string of the molecule is CC(C)(C#Cc1ccc(-c2ccc(Cl)c3c(N(C(=O)[C@H]4C[C@H]4CNC(=O)O)S(C)(=O)=O)nn(CC(F)(F)F)c23)c(C(Cc2cc(F)cc(F)c2)NC(=O)Cn2nc(C(F)(F)F)c3c2C(F)(F)[C@@H]2C[C@H]32)n1)S(C)(=O)=O. The Morgan fingerprint density at radius 2 is 1.59 bits per heavy atom. The van der Waals surface area contributed by atoms with Crippen LogP contribution in [0.2, 0.25) is 5.02 Å². The van der Waals surface area contributed by atoms with Crippen LogP contribution in [-0.2, 0) is 61.1 Å². The van der Waals surface area contributed by atoms with Gasteiger partial charge in [0.1, 0.15) is 40.9 Å². The first-order valence-electron chi connectivity index (χ1n) is 21.9. The Kier molecular flexibility index (Phi) is 13.4. The number of hydrogen-bond donors (Lipinski definition) is 3. The van der Waals surface area contributed by atoms with Gasteiger partial charge < -0.3 is 15.7 Å². The van der Waals surface area contributed by atoms with Crippen molar-refractivity contribution in [1.82, 2.24) is 35.2 Å². The van der Waals surface area contributed by atoms with E-state index in [1.54, 1.807) is 0 Å². The molecule has 0 aliphatic heterocycles. The molecule has 1 unspecified atom stereocenters. The van der Waals surface area contributed by atoms with Gasteiger partial charge in [0.25, 0.3) is 5.92 Å². The Labute approximate surface area is 418 Å². The number of sulfone groups is 1. The van der Waals surface area contributed by atoms with Crippen LogP contribution in [0.5, 0.6) is 0 Å². The third kappa shape index (κ3) is 10.6. The summed E-state index contributed by atoms with van der Waals surface area (Å²) in [6.45, 7) is -1.14. The molecule has 5 aromatic rings. The highest BCUT2D eigenvalue weighted by atomic mass is 35.5. The Morgan fingerprint density at radius 3 is 2.19 bits per heavy atom. The molecule has 2 saturated carbocycles. The van der Waals surface area contributed by atoms with Crippen molar-refractivity contribution in [2.24, 2.45) is 17.8 Å². The van der Waals surface area contributed by atoms with E-state index in [1.807, 2.05) is 0 Å². The number of rotatable bonds is 14. The first-order valence-corrected chi connectivity index (χ1v) is 26.0. The summed E-state index contributed by atoms with van der Waals surface area (Å²) in [4.78, 5) is 43.9. The number of benzene rings is 2. The number of sulfonamides is 1. The maximum Gasteiger partial charge on any atom is 0.435 e. The predicted molar refractivity (Wildman–Crippen MR) is 243 cm³/mol. The number of anilines is 1. The third-order valence-corrected chi connectivity index (χ3v) is 16.1. The largest absolute Gasteiger partial charge is 0.465 e. The molecular formula is C45H39ClF10N8O8S2. The van der Waals surface area contributed by atoms with Crippen molar-refractivity contribution in [3.05, 3.63) is 93.0 Å². The first kappa shape index (κ1) is 53.8. The molecule has 2 fully saturated rings. The fourth-order valence-corrected chi connectivity index (χ4v) is 10.3.